The monoisotopic (exact) mass is 345 g/mol. The van der Waals surface area contributed by atoms with Crippen molar-refractivity contribution in [2.24, 2.45) is 5.14 Å². The van der Waals surface area contributed by atoms with E-state index in [0.717, 1.165) is 10.2 Å². The topological polar surface area (TPSA) is 87.2 Å². The Labute approximate surface area is 119 Å². The summed E-state index contributed by atoms with van der Waals surface area (Å²) in [6, 6.07) is 7.43. The van der Waals surface area contributed by atoms with Crippen LogP contribution in [0.25, 0.3) is 0 Å². The summed E-state index contributed by atoms with van der Waals surface area (Å²) in [6.45, 7) is 0.818. The molecule has 0 amide bonds. The quantitative estimate of drug-likeness (QED) is 0.886. The first-order valence-corrected chi connectivity index (χ1v) is 7.73. The first kappa shape index (κ1) is 14.0. The third-order valence-corrected chi connectivity index (χ3v) is 3.74. The van der Waals surface area contributed by atoms with E-state index >= 15 is 0 Å². The van der Waals surface area contributed by atoms with Crippen molar-refractivity contribution < 1.29 is 13.2 Å². The highest BCUT2D eigenvalue weighted by Gasteiger charge is 2.10. The van der Waals surface area contributed by atoms with Gasteiger partial charge in [0, 0.05) is 10.7 Å². The van der Waals surface area contributed by atoms with Gasteiger partial charge in [0.05, 0.1) is 12.7 Å². The van der Waals surface area contributed by atoms with Gasteiger partial charge in [-0.1, -0.05) is 15.9 Å². The lowest BCUT2D eigenvalue weighted by Crippen LogP contribution is -2.12. The first-order chi connectivity index (χ1) is 8.95. The number of primary sulfonamides is 1. The van der Waals surface area contributed by atoms with Crippen LogP contribution in [0.15, 0.2) is 46.0 Å². The molecule has 0 aliphatic heterocycles. The third-order valence-electron chi connectivity index (χ3n) is 2.34. The van der Waals surface area contributed by atoms with Gasteiger partial charge in [-0.2, -0.15) is 5.10 Å². The Morgan fingerprint density at radius 2 is 2.00 bits per heavy atom. The van der Waals surface area contributed by atoms with Gasteiger partial charge in [-0.3, -0.25) is 4.68 Å². The number of nitrogens with zero attached hydrogens (tertiary/aromatic N) is 2. The van der Waals surface area contributed by atoms with Crippen LogP contribution in [0.1, 0.15) is 0 Å². The van der Waals surface area contributed by atoms with Crippen LogP contribution in [0.3, 0.4) is 0 Å². The number of hydrogen-bond acceptors (Lipinski definition) is 4. The fourth-order valence-electron chi connectivity index (χ4n) is 1.40. The van der Waals surface area contributed by atoms with Crippen molar-refractivity contribution in [3.63, 3.8) is 0 Å². The number of sulfonamides is 1. The van der Waals surface area contributed by atoms with Crippen molar-refractivity contribution in [3.05, 3.63) is 41.1 Å². The van der Waals surface area contributed by atoms with Crippen LogP contribution in [0.4, 0.5) is 0 Å². The van der Waals surface area contributed by atoms with Gasteiger partial charge < -0.3 is 4.74 Å². The number of rotatable bonds is 5. The molecule has 8 heteroatoms. The van der Waals surface area contributed by atoms with Crippen molar-refractivity contribution in [3.8, 4) is 5.75 Å². The summed E-state index contributed by atoms with van der Waals surface area (Å²) in [5.74, 6) is 0.738. The second-order valence-electron chi connectivity index (χ2n) is 3.79. The van der Waals surface area contributed by atoms with Gasteiger partial charge in [-0.15, -0.1) is 0 Å². The van der Waals surface area contributed by atoms with Gasteiger partial charge in [0.2, 0.25) is 10.0 Å². The number of nitrogens with two attached hydrogens (primary N) is 1. The molecule has 0 radical (unpaired) electrons. The minimum absolute atomic E-state index is 0.00357. The van der Waals surface area contributed by atoms with E-state index in [9.17, 15) is 8.42 Å². The zero-order valence-corrected chi connectivity index (χ0v) is 12.3. The molecular weight excluding hydrogens is 334 g/mol. The predicted molar refractivity (Wildman–Crippen MR) is 73.2 cm³/mol. The molecule has 0 saturated carbocycles. The molecule has 102 valence electrons. The lowest BCUT2D eigenvalue weighted by atomic mass is 10.3. The number of benzene rings is 1. The number of ether oxygens (including phenoxy) is 1. The summed E-state index contributed by atoms with van der Waals surface area (Å²) < 4.78 is 30.1. The number of halogens is 1. The predicted octanol–water partition coefficient (Wildman–Crippen LogP) is 1.37. The molecule has 1 heterocycles. The second-order valence-corrected chi connectivity index (χ2v) is 6.26. The molecule has 2 N–H and O–H groups in total. The minimum Gasteiger partial charge on any atom is -0.492 e. The van der Waals surface area contributed by atoms with E-state index in [-0.39, 0.29) is 4.90 Å². The van der Waals surface area contributed by atoms with Crippen LogP contribution in [-0.4, -0.2) is 24.8 Å². The highest BCUT2D eigenvalue weighted by atomic mass is 79.9. The van der Waals surface area contributed by atoms with Gasteiger partial charge in [0.1, 0.15) is 17.3 Å². The van der Waals surface area contributed by atoms with E-state index in [4.69, 9.17) is 9.88 Å². The Morgan fingerprint density at radius 3 is 2.58 bits per heavy atom. The van der Waals surface area contributed by atoms with Crippen molar-refractivity contribution in [1.29, 1.82) is 0 Å². The summed E-state index contributed by atoms with van der Waals surface area (Å²) >= 11 is 3.33. The first-order valence-electron chi connectivity index (χ1n) is 5.39. The van der Waals surface area contributed by atoms with Crippen molar-refractivity contribution >= 4 is 26.0 Å². The molecule has 0 aliphatic rings. The SMILES string of the molecule is NS(=O)(=O)c1cnn(CCOc2ccc(Br)cc2)c1. The van der Waals surface area contributed by atoms with Crippen LogP contribution in [0, 0.1) is 0 Å². The maximum Gasteiger partial charge on any atom is 0.241 e. The molecule has 0 bridgehead atoms. The fraction of sp³-hybridized carbons (Fsp3) is 0.182. The van der Waals surface area contributed by atoms with Crippen molar-refractivity contribution in [2.45, 2.75) is 11.4 Å². The average Bonchev–Trinajstić information content (AvgIpc) is 2.80. The maximum absolute atomic E-state index is 11.1. The molecule has 1 aromatic carbocycles. The molecule has 0 spiro atoms. The van der Waals surface area contributed by atoms with Crippen molar-refractivity contribution in [1.82, 2.24) is 9.78 Å². The Hall–Kier alpha value is -1.38. The zero-order valence-electron chi connectivity index (χ0n) is 9.86. The molecule has 2 rings (SSSR count). The number of hydrogen-bond donors (Lipinski definition) is 1. The van der Waals surface area contributed by atoms with Gasteiger partial charge >= 0.3 is 0 Å². The molecule has 1 aromatic heterocycles. The molecule has 0 fully saturated rings. The maximum atomic E-state index is 11.1. The number of aromatic nitrogens is 2. The lowest BCUT2D eigenvalue weighted by molar-refractivity contribution is 0.291. The molecule has 0 unspecified atom stereocenters. The molecule has 0 atom stereocenters. The Bertz CT molecular complexity index is 652. The summed E-state index contributed by atoms with van der Waals surface area (Å²) in [6.07, 6.45) is 2.59. The zero-order chi connectivity index (χ0) is 13.9. The molecule has 19 heavy (non-hydrogen) atoms. The van der Waals surface area contributed by atoms with Gasteiger partial charge in [-0.05, 0) is 24.3 Å². The summed E-state index contributed by atoms with van der Waals surface area (Å²) in [7, 11) is -3.69. The smallest absolute Gasteiger partial charge is 0.241 e. The molecular formula is C11H12BrN3O3S. The Morgan fingerprint density at radius 1 is 1.32 bits per heavy atom. The molecule has 0 saturated heterocycles. The third kappa shape index (κ3) is 4.05. The Balaban J connectivity index is 1.89. The standard InChI is InChI=1S/C11H12BrN3O3S/c12-9-1-3-10(4-2-9)18-6-5-15-8-11(7-14-15)19(13,16)17/h1-4,7-8H,5-6H2,(H2,13,16,17). The van der Waals surface area contributed by atoms with E-state index in [1.54, 1.807) is 0 Å². The van der Waals surface area contributed by atoms with Crippen LogP contribution in [0.2, 0.25) is 0 Å². The van der Waals surface area contributed by atoms with Crippen LogP contribution >= 0.6 is 15.9 Å². The van der Waals surface area contributed by atoms with E-state index in [2.05, 4.69) is 21.0 Å². The average molecular weight is 346 g/mol. The van der Waals surface area contributed by atoms with Gasteiger partial charge in [-0.25, -0.2) is 13.6 Å². The van der Waals surface area contributed by atoms with E-state index < -0.39 is 10.0 Å². The molecule has 2 aromatic rings. The van der Waals surface area contributed by atoms with Crippen LogP contribution in [-0.2, 0) is 16.6 Å². The lowest BCUT2D eigenvalue weighted by Gasteiger charge is -2.06. The van der Waals surface area contributed by atoms with Gasteiger partial charge in [0.15, 0.2) is 0 Å². The van der Waals surface area contributed by atoms with E-state index in [1.807, 2.05) is 24.3 Å². The van der Waals surface area contributed by atoms with Crippen LogP contribution in [0.5, 0.6) is 5.75 Å². The minimum atomic E-state index is -3.69. The summed E-state index contributed by atoms with van der Waals surface area (Å²) in [5.41, 5.74) is 0. The normalized spacial score (nSPS) is 11.5. The largest absolute Gasteiger partial charge is 0.492 e. The van der Waals surface area contributed by atoms with Gasteiger partial charge in [0.25, 0.3) is 0 Å². The summed E-state index contributed by atoms with van der Waals surface area (Å²) in [4.78, 5) is -0.00357. The van der Waals surface area contributed by atoms with E-state index in [0.29, 0.717) is 13.2 Å². The molecule has 0 aliphatic carbocycles. The highest BCUT2D eigenvalue weighted by molar-refractivity contribution is 9.10. The molecule has 6 nitrogen and oxygen atoms in total. The highest BCUT2D eigenvalue weighted by Crippen LogP contribution is 2.16. The fourth-order valence-corrected chi connectivity index (χ4v) is 2.13. The summed E-state index contributed by atoms with van der Waals surface area (Å²) in [5, 5.41) is 8.89. The Kier molecular flexibility index (Phi) is 4.23. The van der Waals surface area contributed by atoms with Crippen LogP contribution < -0.4 is 9.88 Å². The van der Waals surface area contributed by atoms with Crippen molar-refractivity contribution in [2.75, 3.05) is 6.61 Å². The second kappa shape index (κ2) is 5.72. The van der Waals surface area contributed by atoms with E-state index in [1.165, 1.54) is 17.1 Å².